The number of hydrogen-bond donors (Lipinski definition) is 0. The van der Waals surface area contributed by atoms with Crippen LogP contribution in [0.3, 0.4) is 0 Å². The first-order chi connectivity index (χ1) is 15.7. The van der Waals surface area contributed by atoms with Gasteiger partial charge in [0.05, 0.1) is 13.2 Å². The van der Waals surface area contributed by atoms with Gasteiger partial charge in [0.1, 0.15) is 0 Å². The SMILES string of the molecule is CCCCCCOC1(C2(OCCCCCC)Oc3ccccc3O2)Oc2ccccc2O1. The predicted molar refractivity (Wildman–Crippen MR) is 121 cm³/mol. The molecule has 0 amide bonds. The predicted octanol–water partition coefficient (Wildman–Crippen LogP) is 6.43. The maximum absolute atomic E-state index is 6.30. The minimum absolute atomic E-state index is 0.429. The Morgan fingerprint density at radius 1 is 0.531 bits per heavy atom. The number of rotatable bonds is 13. The number of benzene rings is 2. The Balaban J connectivity index is 1.60. The van der Waals surface area contributed by atoms with E-state index in [1.165, 1.54) is 0 Å². The third-order valence-corrected chi connectivity index (χ3v) is 5.63. The molecule has 4 rings (SSSR count). The molecular formula is C26H34O6. The molecule has 0 spiro atoms. The highest BCUT2D eigenvalue weighted by Crippen LogP contribution is 2.51. The number of ether oxygens (including phenoxy) is 6. The van der Waals surface area contributed by atoms with Gasteiger partial charge in [-0.05, 0) is 37.1 Å². The molecule has 2 aromatic rings. The van der Waals surface area contributed by atoms with E-state index >= 15 is 0 Å². The Bertz CT molecular complexity index is 745. The Hall–Kier alpha value is -2.44. The molecule has 174 valence electrons. The number of unbranched alkanes of at least 4 members (excludes halogenated alkanes) is 6. The topological polar surface area (TPSA) is 55.4 Å². The summed E-state index contributed by atoms with van der Waals surface area (Å²) < 4.78 is 37.7. The van der Waals surface area contributed by atoms with E-state index in [2.05, 4.69) is 13.8 Å². The Labute approximate surface area is 190 Å². The normalized spacial score (nSPS) is 16.9. The summed E-state index contributed by atoms with van der Waals surface area (Å²) in [4.78, 5) is 0. The lowest BCUT2D eigenvalue weighted by Crippen LogP contribution is -2.68. The fraction of sp³-hybridized carbons (Fsp3) is 0.538. The van der Waals surface area contributed by atoms with Crippen molar-refractivity contribution >= 4 is 0 Å². The molecule has 0 saturated heterocycles. The molecule has 2 aliphatic heterocycles. The molecule has 2 aliphatic rings. The van der Waals surface area contributed by atoms with Gasteiger partial charge in [-0.15, -0.1) is 0 Å². The summed E-state index contributed by atoms with van der Waals surface area (Å²) in [6.07, 6.45) is 8.46. The van der Waals surface area contributed by atoms with Gasteiger partial charge >= 0.3 is 11.9 Å². The van der Waals surface area contributed by atoms with Gasteiger partial charge in [-0.25, -0.2) is 0 Å². The van der Waals surface area contributed by atoms with Crippen molar-refractivity contribution in [1.82, 2.24) is 0 Å². The van der Waals surface area contributed by atoms with Gasteiger partial charge in [0.25, 0.3) is 0 Å². The largest absolute Gasteiger partial charge is 0.486 e. The average Bonchev–Trinajstić information content (AvgIpc) is 3.39. The van der Waals surface area contributed by atoms with Crippen LogP contribution in [0, 0.1) is 0 Å². The van der Waals surface area contributed by atoms with Gasteiger partial charge in [0.15, 0.2) is 23.0 Å². The van der Waals surface area contributed by atoms with Crippen LogP contribution in [-0.2, 0) is 9.47 Å². The smallest absolute Gasteiger partial charge is 0.418 e. The van der Waals surface area contributed by atoms with Gasteiger partial charge in [-0.1, -0.05) is 76.6 Å². The number of para-hydroxylation sites is 4. The van der Waals surface area contributed by atoms with Crippen molar-refractivity contribution in [3.63, 3.8) is 0 Å². The van der Waals surface area contributed by atoms with Crippen LogP contribution in [0.25, 0.3) is 0 Å². The minimum Gasteiger partial charge on any atom is -0.418 e. The van der Waals surface area contributed by atoms with E-state index < -0.39 is 11.9 Å². The lowest BCUT2D eigenvalue weighted by molar-refractivity contribution is -0.472. The van der Waals surface area contributed by atoms with Crippen LogP contribution in [0.5, 0.6) is 23.0 Å². The van der Waals surface area contributed by atoms with Crippen molar-refractivity contribution in [3.8, 4) is 23.0 Å². The first kappa shape index (κ1) is 22.7. The van der Waals surface area contributed by atoms with Crippen molar-refractivity contribution in [2.45, 2.75) is 77.2 Å². The fourth-order valence-corrected chi connectivity index (χ4v) is 3.87. The second-order valence-electron chi connectivity index (χ2n) is 8.23. The molecule has 6 heteroatoms. The summed E-state index contributed by atoms with van der Waals surface area (Å²) in [5.74, 6) is -1.16. The molecule has 0 saturated carbocycles. The molecule has 0 aromatic heterocycles. The highest BCUT2D eigenvalue weighted by Gasteiger charge is 2.71. The van der Waals surface area contributed by atoms with E-state index in [1.54, 1.807) is 0 Å². The lowest BCUT2D eigenvalue weighted by atomic mass is 10.2. The van der Waals surface area contributed by atoms with Crippen LogP contribution in [0.1, 0.15) is 65.2 Å². The minimum atomic E-state index is -1.72. The molecule has 0 fully saturated rings. The van der Waals surface area contributed by atoms with Gasteiger partial charge in [0.2, 0.25) is 0 Å². The van der Waals surface area contributed by atoms with E-state index in [-0.39, 0.29) is 0 Å². The van der Waals surface area contributed by atoms with Crippen molar-refractivity contribution in [3.05, 3.63) is 48.5 Å². The van der Waals surface area contributed by atoms with E-state index in [0.717, 1.165) is 51.4 Å². The van der Waals surface area contributed by atoms with E-state index in [4.69, 9.17) is 28.4 Å². The Morgan fingerprint density at radius 2 is 0.875 bits per heavy atom. The summed E-state index contributed by atoms with van der Waals surface area (Å²) in [6, 6.07) is 14.9. The van der Waals surface area contributed by atoms with Crippen molar-refractivity contribution in [2.75, 3.05) is 13.2 Å². The third kappa shape index (κ3) is 4.66. The zero-order valence-electron chi connectivity index (χ0n) is 19.1. The van der Waals surface area contributed by atoms with Crippen LogP contribution in [0.15, 0.2) is 48.5 Å². The van der Waals surface area contributed by atoms with Crippen LogP contribution in [0.2, 0.25) is 0 Å². The van der Waals surface area contributed by atoms with Gasteiger partial charge < -0.3 is 18.9 Å². The second kappa shape index (κ2) is 10.5. The van der Waals surface area contributed by atoms with Gasteiger partial charge in [0, 0.05) is 0 Å². The molecule has 0 unspecified atom stereocenters. The fourth-order valence-electron chi connectivity index (χ4n) is 3.87. The molecule has 0 atom stereocenters. The highest BCUT2D eigenvalue weighted by molar-refractivity contribution is 5.45. The zero-order chi connectivity index (χ0) is 22.3. The molecule has 0 aliphatic carbocycles. The summed E-state index contributed by atoms with van der Waals surface area (Å²) >= 11 is 0. The summed E-state index contributed by atoms with van der Waals surface area (Å²) in [5, 5.41) is 0. The maximum Gasteiger partial charge on any atom is 0.486 e. The number of hydrogen-bond acceptors (Lipinski definition) is 6. The molecule has 0 bridgehead atoms. The molecule has 6 nitrogen and oxygen atoms in total. The standard InChI is InChI=1S/C26H34O6/c1-3-5-7-13-19-27-25(29-21-15-9-10-16-22(21)30-25)26(28-20-14-8-6-4-2)31-23-17-11-12-18-24(23)32-26/h9-12,15-18H,3-8,13-14,19-20H2,1-2H3. The van der Waals surface area contributed by atoms with Crippen molar-refractivity contribution in [1.29, 1.82) is 0 Å². The average molecular weight is 443 g/mol. The summed E-state index contributed by atoms with van der Waals surface area (Å²) in [7, 11) is 0. The monoisotopic (exact) mass is 442 g/mol. The molecule has 2 heterocycles. The molecule has 0 N–H and O–H groups in total. The maximum atomic E-state index is 6.30. The second-order valence-corrected chi connectivity index (χ2v) is 8.23. The zero-order valence-corrected chi connectivity index (χ0v) is 19.1. The molecular weight excluding hydrogens is 408 g/mol. The first-order valence-corrected chi connectivity index (χ1v) is 11.9. The van der Waals surface area contributed by atoms with Crippen LogP contribution in [-0.4, -0.2) is 25.2 Å². The Kier molecular flexibility index (Phi) is 7.43. The highest BCUT2D eigenvalue weighted by atomic mass is 17.0. The van der Waals surface area contributed by atoms with E-state index in [9.17, 15) is 0 Å². The number of fused-ring (bicyclic) bond motifs is 2. The van der Waals surface area contributed by atoms with Gasteiger partial charge in [-0.2, -0.15) is 0 Å². The first-order valence-electron chi connectivity index (χ1n) is 11.9. The van der Waals surface area contributed by atoms with Crippen LogP contribution in [0.4, 0.5) is 0 Å². The Morgan fingerprint density at radius 3 is 1.19 bits per heavy atom. The van der Waals surface area contributed by atoms with Crippen molar-refractivity contribution in [2.24, 2.45) is 0 Å². The van der Waals surface area contributed by atoms with E-state index in [0.29, 0.717) is 36.2 Å². The summed E-state index contributed by atoms with van der Waals surface area (Å²) in [6.45, 7) is 5.22. The molecule has 0 radical (unpaired) electrons. The molecule has 2 aromatic carbocycles. The van der Waals surface area contributed by atoms with Gasteiger partial charge in [-0.3, -0.25) is 9.47 Å². The molecule has 32 heavy (non-hydrogen) atoms. The van der Waals surface area contributed by atoms with Crippen LogP contribution < -0.4 is 18.9 Å². The quantitative estimate of drug-likeness (QED) is 0.333. The van der Waals surface area contributed by atoms with Crippen molar-refractivity contribution < 1.29 is 28.4 Å². The van der Waals surface area contributed by atoms with E-state index in [1.807, 2.05) is 48.5 Å². The van der Waals surface area contributed by atoms with Crippen LogP contribution >= 0.6 is 0 Å². The summed E-state index contributed by atoms with van der Waals surface area (Å²) in [5.41, 5.74) is 0. The third-order valence-electron chi connectivity index (χ3n) is 5.63. The lowest BCUT2D eigenvalue weighted by Gasteiger charge is -2.38.